The van der Waals surface area contributed by atoms with Gasteiger partial charge in [-0.25, -0.2) is 21.6 Å². The zero-order valence-electron chi connectivity index (χ0n) is 30.0. The van der Waals surface area contributed by atoms with Crippen LogP contribution in [0.25, 0.3) is 0 Å². The average molecular weight is 859 g/mol. The van der Waals surface area contributed by atoms with Crippen LogP contribution in [0.15, 0.2) is 94.9 Å². The van der Waals surface area contributed by atoms with E-state index in [4.69, 9.17) is 42.9 Å². The highest BCUT2D eigenvalue weighted by atomic mass is 35.5. The van der Waals surface area contributed by atoms with Crippen molar-refractivity contribution in [3.63, 3.8) is 0 Å². The second-order valence-corrected chi connectivity index (χ2v) is 17.0. The van der Waals surface area contributed by atoms with E-state index in [9.17, 15) is 31.2 Å². The van der Waals surface area contributed by atoms with E-state index in [1.807, 2.05) is 0 Å². The van der Waals surface area contributed by atoms with Crippen LogP contribution in [0.3, 0.4) is 0 Å². The minimum Gasteiger partial charge on any atom is -0.495 e. The van der Waals surface area contributed by atoms with E-state index in [0.29, 0.717) is 24.2 Å². The molecule has 3 heterocycles. The molecule has 0 spiro atoms. The van der Waals surface area contributed by atoms with E-state index < -0.39 is 37.9 Å². The van der Waals surface area contributed by atoms with Crippen molar-refractivity contribution in [1.82, 2.24) is 9.78 Å². The van der Waals surface area contributed by atoms with E-state index >= 15 is 0 Å². The molecule has 20 heteroatoms. The maximum Gasteiger partial charge on any atom is 0.335 e. The van der Waals surface area contributed by atoms with Crippen molar-refractivity contribution in [3.05, 3.63) is 117 Å². The zero-order chi connectivity index (χ0) is 41.2. The standard InChI is InChI=1S/C21H19ClN4O6S.C16H14ClNO5S/c1-32-17-5-4-15(22)11-18(17)33(30,31)26-9-6-13-2-3-14(10-16(13)26)21(29)23-19-7-8-25(24-19)12-20(27)28;1-23-14-5-4-12(17)9-15(14)24(21,22)18-7-6-10-2-3-11(16(19)20)8-13(10)18/h2-5,7-8,10-11H,6,9,12H2,1H3,(H,27,28)(H,23,24,29);2-5,8-9H,6-7H2,1H3,(H,19,20). The van der Waals surface area contributed by atoms with Gasteiger partial charge in [-0.15, -0.1) is 0 Å². The summed E-state index contributed by atoms with van der Waals surface area (Å²) in [7, 11) is -5.18. The zero-order valence-corrected chi connectivity index (χ0v) is 33.2. The Morgan fingerprint density at radius 1 is 0.719 bits per heavy atom. The van der Waals surface area contributed by atoms with Gasteiger partial charge in [0.25, 0.3) is 26.0 Å². The SMILES string of the molecule is COc1ccc(Cl)cc1S(=O)(=O)N1CCc2ccc(C(=O)Nc3ccn(CC(=O)O)n3)cc21.COc1ccc(Cl)cc1S(=O)(=O)N1CCc2ccc(C(=O)O)cc21. The molecule has 5 aromatic rings. The molecule has 298 valence electrons. The molecule has 0 bridgehead atoms. The summed E-state index contributed by atoms with van der Waals surface area (Å²) in [5.41, 5.74) is 2.58. The molecule has 0 unspecified atom stereocenters. The number of aliphatic carboxylic acids is 1. The first-order chi connectivity index (χ1) is 27.0. The topological polar surface area (TPSA) is 215 Å². The fourth-order valence-electron chi connectivity index (χ4n) is 6.26. The van der Waals surface area contributed by atoms with Crippen molar-refractivity contribution < 1.29 is 50.9 Å². The smallest absolute Gasteiger partial charge is 0.335 e. The quantitative estimate of drug-likeness (QED) is 0.152. The Hall–Kier alpha value is -5.82. The fourth-order valence-corrected chi connectivity index (χ4v) is 10.1. The summed E-state index contributed by atoms with van der Waals surface area (Å²) >= 11 is 12.0. The summed E-state index contributed by atoms with van der Waals surface area (Å²) in [5.74, 6) is -2.16. The largest absolute Gasteiger partial charge is 0.495 e. The summed E-state index contributed by atoms with van der Waals surface area (Å²) in [6, 6.07) is 19.5. The number of benzene rings is 4. The maximum atomic E-state index is 13.4. The first-order valence-electron chi connectivity index (χ1n) is 16.8. The molecule has 4 aromatic carbocycles. The summed E-state index contributed by atoms with van der Waals surface area (Å²) in [5, 5.41) is 25.1. The predicted octanol–water partition coefficient (Wildman–Crippen LogP) is 5.43. The first-order valence-corrected chi connectivity index (χ1v) is 20.5. The molecule has 2 aliphatic rings. The number of carboxylic acid groups (broad SMARTS) is 2. The van der Waals surface area contributed by atoms with Gasteiger partial charge in [0.15, 0.2) is 5.82 Å². The number of fused-ring (bicyclic) bond motifs is 2. The van der Waals surface area contributed by atoms with Gasteiger partial charge in [-0.05, 0) is 84.6 Å². The van der Waals surface area contributed by atoms with Crippen LogP contribution in [-0.2, 0) is 44.2 Å². The van der Waals surface area contributed by atoms with Gasteiger partial charge in [-0.1, -0.05) is 35.3 Å². The van der Waals surface area contributed by atoms with E-state index in [0.717, 1.165) is 11.1 Å². The number of amides is 1. The number of nitrogens with one attached hydrogen (secondary N) is 1. The number of hydrogen-bond donors (Lipinski definition) is 3. The number of aromatic nitrogens is 2. The van der Waals surface area contributed by atoms with Crippen LogP contribution in [0.2, 0.25) is 10.0 Å². The number of anilines is 3. The van der Waals surface area contributed by atoms with Gasteiger partial charge in [-0.2, -0.15) is 5.10 Å². The van der Waals surface area contributed by atoms with Crippen LogP contribution in [0.5, 0.6) is 11.5 Å². The van der Waals surface area contributed by atoms with Crippen molar-refractivity contribution in [2.24, 2.45) is 0 Å². The summed E-state index contributed by atoms with van der Waals surface area (Å²) in [6.45, 7) is 0.100. The van der Waals surface area contributed by atoms with Gasteiger partial charge in [0, 0.05) is 41.0 Å². The highest BCUT2D eigenvalue weighted by molar-refractivity contribution is 7.93. The van der Waals surface area contributed by atoms with Crippen LogP contribution in [0.1, 0.15) is 31.8 Å². The van der Waals surface area contributed by atoms with E-state index in [1.165, 1.54) is 88.3 Å². The average Bonchev–Trinajstić information content (AvgIpc) is 3.93. The Bertz CT molecular complexity index is 2640. The highest BCUT2D eigenvalue weighted by Crippen LogP contribution is 2.39. The number of ether oxygens (including phenoxy) is 2. The monoisotopic (exact) mass is 857 g/mol. The number of carbonyl (C=O) groups is 3. The molecule has 2 aliphatic heterocycles. The van der Waals surface area contributed by atoms with Gasteiger partial charge in [0.2, 0.25) is 0 Å². The van der Waals surface area contributed by atoms with Gasteiger partial charge in [0.1, 0.15) is 27.8 Å². The molecule has 0 radical (unpaired) electrons. The Balaban J connectivity index is 0.000000203. The van der Waals surface area contributed by atoms with Crippen LogP contribution in [-0.4, -0.2) is 82.0 Å². The van der Waals surface area contributed by atoms with Crippen LogP contribution in [0, 0.1) is 0 Å². The molecule has 16 nitrogen and oxygen atoms in total. The van der Waals surface area contributed by atoms with E-state index in [2.05, 4.69) is 10.4 Å². The number of halogens is 2. The second-order valence-electron chi connectivity index (χ2n) is 12.5. The number of nitrogens with zero attached hydrogens (tertiary/aromatic N) is 4. The van der Waals surface area contributed by atoms with Crippen molar-refractivity contribution in [1.29, 1.82) is 0 Å². The van der Waals surface area contributed by atoms with E-state index in [-0.39, 0.29) is 67.9 Å². The Labute approximate surface area is 336 Å². The fraction of sp³-hybridized carbons (Fsp3) is 0.189. The number of sulfonamides is 2. The molecule has 1 amide bonds. The summed E-state index contributed by atoms with van der Waals surface area (Å²) in [4.78, 5) is 34.6. The lowest BCUT2D eigenvalue weighted by molar-refractivity contribution is -0.137. The molecule has 1 aromatic heterocycles. The van der Waals surface area contributed by atoms with Crippen molar-refractivity contribution in [2.45, 2.75) is 29.2 Å². The number of rotatable bonds is 11. The molecule has 7 rings (SSSR count). The number of hydrogen-bond acceptors (Lipinski definition) is 10. The van der Waals surface area contributed by atoms with Gasteiger partial charge >= 0.3 is 11.9 Å². The maximum absolute atomic E-state index is 13.4. The third kappa shape index (κ3) is 8.48. The van der Waals surface area contributed by atoms with Crippen LogP contribution in [0.4, 0.5) is 17.2 Å². The van der Waals surface area contributed by atoms with Gasteiger partial charge in [-0.3, -0.25) is 22.9 Å². The number of methoxy groups -OCH3 is 2. The second kappa shape index (κ2) is 16.3. The molecular weight excluding hydrogens is 825 g/mol. The van der Waals surface area contributed by atoms with Gasteiger partial charge in [0.05, 0.1) is 31.2 Å². The molecule has 0 aliphatic carbocycles. The van der Waals surface area contributed by atoms with Crippen LogP contribution >= 0.6 is 23.2 Å². The minimum atomic E-state index is -4.01. The summed E-state index contributed by atoms with van der Waals surface area (Å²) < 4.78 is 66.9. The number of aromatic carboxylic acids is 1. The van der Waals surface area contributed by atoms with Crippen molar-refractivity contribution in [2.75, 3.05) is 41.2 Å². The lowest BCUT2D eigenvalue weighted by atomic mass is 10.1. The molecule has 0 atom stereocenters. The van der Waals surface area contributed by atoms with Gasteiger partial charge < -0.3 is 25.0 Å². The lowest BCUT2D eigenvalue weighted by Gasteiger charge is -2.21. The normalized spacial score (nSPS) is 13.3. The minimum absolute atomic E-state index is 0.0360. The first kappa shape index (κ1) is 40.8. The molecule has 57 heavy (non-hydrogen) atoms. The lowest BCUT2D eigenvalue weighted by Crippen LogP contribution is -2.29. The molecule has 0 saturated heterocycles. The van der Waals surface area contributed by atoms with Crippen molar-refractivity contribution in [3.8, 4) is 11.5 Å². The molecular formula is C37H33Cl2N5O11S2. The van der Waals surface area contributed by atoms with Crippen molar-refractivity contribution >= 4 is 78.3 Å². The Morgan fingerprint density at radius 3 is 1.68 bits per heavy atom. The highest BCUT2D eigenvalue weighted by Gasteiger charge is 2.35. The number of carbonyl (C=O) groups excluding carboxylic acids is 1. The van der Waals surface area contributed by atoms with Crippen LogP contribution < -0.4 is 23.4 Å². The Morgan fingerprint density at radius 2 is 1.21 bits per heavy atom. The number of carboxylic acids is 2. The predicted molar refractivity (Wildman–Crippen MR) is 210 cm³/mol. The third-order valence-electron chi connectivity index (χ3n) is 8.95. The molecule has 0 saturated carbocycles. The Kier molecular flexibility index (Phi) is 11.7. The third-order valence-corrected chi connectivity index (χ3v) is 13.1. The summed E-state index contributed by atoms with van der Waals surface area (Å²) in [6.07, 6.45) is 2.43. The molecule has 3 N–H and O–H groups in total. The van der Waals surface area contributed by atoms with E-state index in [1.54, 1.807) is 24.3 Å². The molecule has 0 fully saturated rings.